The van der Waals surface area contributed by atoms with Gasteiger partial charge in [0.1, 0.15) is 17.6 Å². The van der Waals surface area contributed by atoms with E-state index in [1.54, 1.807) is 37.4 Å². The Morgan fingerprint density at radius 2 is 2.04 bits per heavy atom. The predicted molar refractivity (Wildman–Crippen MR) is 96.5 cm³/mol. The van der Waals surface area contributed by atoms with Crippen LogP contribution < -0.4 is 15.0 Å². The minimum atomic E-state index is -0.797. The second-order valence-corrected chi connectivity index (χ2v) is 6.17. The van der Waals surface area contributed by atoms with Crippen molar-refractivity contribution in [3.05, 3.63) is 47.7 Å². The summed E-state index contributed by atoms with van der Waals surface area (Å²) in [6.07, 6.45) is 1.60. The number of benzene rings is 1. The van der Waals surface area contributed by atoms with E-state index in [1.807, 2.05) is 13.0 Å². The van der Waals surface area contributed by atoms with Gasteiger partial charge in [0.25, 0.3) is 5.91 Å². The highest BCUT2D eigenvalue weighted by Gasteiger charge is 2.33. The summed E-state index contributed by atoms with van der Waals surface area (Å²) in [7, 11) is 0. The highest BCUT2D eigenvalue weighted by molar-refractivity contribution is 6.07. The van der Waals surface area contributed by atoms with E-state index in [0.29, 0.717) is 22.8 Å². The molecule has 0 radical (unpaired) electrons. The average molecular weight is 353 g/mol. The lowest BCUT2D eigenvalue weighted by atomic mass is 10.1. The Hall–Kier alpha value is -3.22. The van der Waals surface area contributed by atoms with Crippen molar-refractivity contribution < 1.29 is 19.1 Å². The highest BCUT2D eigenvalue weighted by atomic mass is 16.5. The number of rotatable bonds is 4. The highest BCUT2D eigenvalue weighted by Crippen LogP contribution is 2.34. The first-order chi connectivity index (χ1) is 12.4. The van der Waals surface area contributed by atoms with Gasteiger partial charge in [-0.2, -0.15) is 0 Å². The molecule has 7 nitrogen and oxygen atoms in total. The third-order valence-electron chi connectivity index (χ3n) is 4.18. The van der Waals surface area contributed by atoms with Crippen molar-refractivity contribution in [2.45, 2.75) is 26.8 Å². The summed E-state index contributed by atoms with van der Waals surface area (Å²) in [5, 5.41) is 2.72. The lowest BCUT2D eigenvalue weighted by Gasteiger charge is -2.33. The molecule has 0 saturated heterocycles. The summed E-state index contributed by atoms with van der Waals surface area (Å²) in [4.78, 5) is 42.2. The van der Waals surface area contributed by atoms with Crippen LogP contribution in [0.15, 0.2) is 36.5 Å². The largest absolute Gasteiger partial charge is 0.482 e. The second-order valence-electron chi connectivity index (χ2n) is 6.17. The van der Waals surface area contributed by atoms with E-state index in [9.17, 15) is 14.4 Å². The molecule has 26 heavy (non-hydrogen) atoms. The molecule has 0 bridgehead atoms. The molecular weight excluding hydrogens is 334 g/mol. The maximum atomic E-state index is 12.6. The molecule has 1 N–H and O–H groups in total. The van der Waals surface area contributed by atoms with Crippen molar-refractivity contribution in [2.24, 2.45) is 0 Å². The molecule has 0 fully saturated rings. The molecule has 0 aliphatic carbocycles. The average Bonchev–Trinajstić information content (AvgIpc) is 2.60. The molecule has 1 aliphatic heterocycles. The molecule has 1 unspecified atom stereocenters. The zero-order valence-corrected chi connectivity index (χ0v) is 14.8. The number of nitrogens with one attached hydrogen (secondary N) is 1. The summed E-state index contributed by atoms with van der Waals surface area (Å²) in [6, 6.07) is 7.62. The van der Waals surface area contributed by atoms with Crippen molar-refractivity contribution in [2.75, 3.05) is 16.8 Å². The Morgan fingerprint density at radius 3 is 2.73 bits per heavy atom. The van der Waals surface area contributed by atoms with Gasteiger partial charge >= 0.3 is 0 Å². The fourth-order valence-corrected chi connectivity index (χ4v) is 2.77. The van der Waals surface area contributed by atoms with Crippen LogP contribution in [-0.4, -0.2) is 35.2 Å². The van der Waals surface area contributed by atoms with E-state index in [1.165, 1.54) is 11.8 Å². The van der Waals surface area contributed by atoms with E-state index < -0.39 is 6.04 Å². The Bertz CT molecular complexity index is 894. The van der Waals surface area contributed by atoms with Crippen molar-refractivity contribution in [1.29, 1.82) is 0 Å². The molecule has 7 heteroatoms. The van der Waals surface area contributed by atoms with Crippen LogP contribution in [0.25, 0.3) is 0 Å². The predicted octanol–water partition coefficient (Wildman–Crippen LogP) is 2.35. The van der Waals surface area contributed by atoms with E-state index in [-0.39, 0.29) is 24.2 Å². The molecule has 0 saturated carbocycles. The lowest BCUT2D eigenvalue weighted by molar-refractivity contribution is -0.125. The van der Waals surface area contributed by atoms with Crippen LogP contribution in [-0.2, 0) is 9.59 Å². The summed E-state index contributed by atoms with van der Waals surface area (Å²) in [5.74, 6) is 0.0191. The van der Waals surface area contributed by atoms with Gasteiger partial charge in [0, 0.05) is 11.8 Å². The topological polar surface area (TPSA) is 88.6 Å². The van der Waals surface area contributed by atoms with E-state index in [0.717, 1.165) is 5.56 Å². The fourth-order valence-electron chi connectivity index (χ4n) is 2.77. The zero-order valence-electron chi connectivity index (χ0n) is 14.8. The van der Waals surface area contributed by atoms with Gasteiger partial charge in [-0.15, -0.1) is 0 Å². The van der Waals surface area contributed by atoms with Gasteiger partial charge in [0.15, 0.2) is 12.4 Å². The number of ketones is 1. The van der Waals surface area contributed by atoms with Crippen LogP contribution >= 0.6 is 0 Å². The van der Waals surface area contributed by atoms with Gasteiger partial charge in [0.05, 0.1) is 5.69 Å². The molecule has 0 spiro atoms. The Balaban J connectivity index is 1.90. The minimum absolute atomic E-state index is 0.133. The van der Waals surface area contributed by atoms with Crippen LogP contribution in [0.3, 0.4) is 0 Å². The number of amides is 2. The standard InChI is InChI=1S/C19H19N3O4/c1-11-6-7-20-17(8-11)21-19(25)12(2)22-15-9-14(13(3)23)4-5-16(15)26-10-18(22)24/h4-9,12H,10H2,1-3H3,(H,20,21,25). The van der Waals surface area contributed by atoms with Crippen molar-refractivity contribution in [3.63, 3.8) is 0 Å². The first-order valence-corrected chi connectivity index (χ1v) is 8.20. The zero-order chi connectivity index (χ0) is 18.8. The number of Topliss-reactive ketones (excluding diaryl/α,β-unsaturated/α-hetero) is 1. The summed E-state index contributed by atoms with van der Waals surface area (Å²) in [5.41, 5.74) is 1.82. The number of aryl methyl sites for hydroxylation is 1. The first kappa shape index (κ1) is 17.6. The van der Waals surface area contributed by atoms with E-state index in [4.69, 9.17) is 4.74 Å². The third-order valence-corrected chi connectivity index (χ3v) is 4.18. The van der Waals surface area contributed by atoms with Gasteiger partial charge in [-0.3, -0.25) is 19.3 Å². The Kier molecular flexibility index (Phi) is 4.71. The Labute approximate surface area is 151 Å². The Morgan fingerprint density at radius 1 is 1.27 bits per heavy atom. The third kappa shape index (κ3) is 3.42. The molecule has 2 aromatic rings. The molecule has 1 aliphatic rings. The van der Waals surface area contributed by atoms with Gasteiger partial charge in [0.2, 0.25) is 5.91 Å². The molecular formula is C19H19N3O4. The molecule has 1 atom stereocenters. The van der Waals surface area contributed by atoms with Gasteiger partial charge < -0.3 is 10.1 Å². The molecule has 1 aromatic heterocycles. The van der Waals surface area contributed by atoms with Gasteiger partial charge in [-0.05, 0) is 56.7 Å². The number of ether oxygens (including phenoxy) is 1. The van der Waals surface area contributed by atoms with Crippen LogP contribution in [0.5, 0.6) is 5.75 Å². The number of carbonyl (C=O) groups excluding carboxylic acids is 3. The normalized spacial score (nSPS) is 14.3. The molecule has 1 aromatic carbocycles. The number of aromatic nitrogens is 1. The molecule has 134 valence electrons. The van der Waals surface area contributed by atoms with E-state index >= 15 is 0 Å². The smallest absolute Gasteiger partial charge is 0.265 e. The maximum Gasteiger partial charge on any atom is 0.265 e. The molecule has 2 amide bonds. The van der Waals surface area contributed by atoms with Crippen LogP contribution in [0.1, 0.15) is 29.8 Å². The van der Waals surface area contributed by atoms with Gasteiger partial charge in [-0.1, -0.05) is 0 Å². The van der Waals surface area contributed by atoms with Crippen LogP contribution in [0.4, 0.5) is 11.5 Å². The number of anilines is 2. The summed E-state index contributed by atoms with van der Waals surface area (Å²) < 4.78 is 5.42. The van der Waals surface area contributed by atoms with Crippen molar-refractivity contribution in [3.8, 4) is 5.75 Å². The maximum absolute atomic E-state index is 12.6. The summed E-state index contributed by atoms with van der Waals surface area (Å²) in [6.45, 7) is 4.80. The first-order valence-electron chi connectivity index (χ1n) is 8.20. The number of pyridine rings is 1. The molecule has 3 rings (SSSR count). The van der Waals surface area contributed by atoms with Crippen LogP contribution in [0.2, 0.25) is 0 Å². The number of fused-ring (bicyclic) bond motifs is 1. The number of hydrogen-bond donors (Lipinski definition) is 1. The number of carbonyl (C=O) groups is 3. The number of nitrogens with zero attached hydrogens (tertiary/aromatic N) is 2. The second kappa shape index (κ2) is 6.95. The number of hydrogen-bond acceptors (Lipinski definition) is 5. The SMILES string of the molecule is CC(=O)c1ccc2c(c1)N(C(C)C(=O)Nc1cc(C)ccn1)C(=O)CO2. The van der Waals surface area contributed by atoms with E-state index in [2.05, 4.69) is 10.3 Å². The van der Waals surface area contributed by atoms with Crippen molar-refractivity contribution in [1.82, 2.24) is 4.98 Å². The van der Waals surface area contributed by atoms with Crippen LogP contribution in [0, 0.1) is 6.92 Å². The minimum Gasteiger partial charge on any atom is -0.482 e. The monoisotopic (exact) mass is 353 g/mol. The molecule has 2 heterocycles. The lowest BCUT2D eigenvalue weighted by Crippen LogP contribution is -2.49. The van der Waals surface area contributed by atoms with Gasteiger partial charge in [-0.25, -0.2) is 4.98 Å². The quantitative estimate of drug-likeness (QED) is 0.853. The fraction of sp³-hybridized carbons (Fsp3) is 0.263. The summed E-state index contributed by atoms with van der Waals surface area (Å²) >= 11 is 0. The van der Waals surface area contributed by atoms with Crippen molar-refractivity contribution >= 4 is 29.1 Å².